The van der Waals surface area contributed by atoms with E-state index in [1.54, 1.807) is 0 Å². The summed E-state index contributed by atoms with van der Waals surface area (Å²) in [6.45, 7) is 12.2. The van der Waals surface area contributed by atoms with E-state index >= 15 is 0 Å². The number of Topliss-reactive ketones (excluding diaryl/α,β-unsaturated/α-hetero) is 1. The molecule has 0 aromatic heterocycles. The molecule has 6 nitrogen and oxygen atoms in total. The van der Waals surface area contributed by atoms with Crippen molar-refractivity contribution in [1.82, 2.24) is 19.6 Å². The second kappa shape index (κ2) is 32.3. The molecule has 0 unspecified atom stereocenters. The normalized spacial score (nSPS) is 15.9. The Morgan fingerprint density at radius 1 is 0.474 bits per heavy atom. The number of allylic oxidation sites excluding steroid dienone is 1. The van der Waals surface area contributed by atoms with Crippen LogP contribution in [0.2, 0.25) is 0 Å². The number of carbonyl (C=O) groups excluding carboxylic acids is 2. The lowest BCUT2D eigenvalue weighted by Crippen LogP contribution is -2.29. The number of unbranched alkanes of at least 4 members (excludes halogenated alkanes) is 30. The third-order valence-corrected chi connectivity index (χ3v) is 12.9. The van der Waals surface area contributed by atoms with Gasteiger partial charge in [0.25, 0.3) is 0 Å². The van der Waals surface area contributed by atoms with Gasteiger partial charge in [-0.05, 0) is 12.8 Å². The van der Waals surface area contributed by atoms with Crippen LogP contribution in [-0.2, 0) is 9.59 Å². The maximum Gasteiger partial charge on any atom is 0.227 e. The van der Waals surface area contributed by atoms with Gasteiger partial charge >= 0.3 is 0 Å². The molecule has 0 atom stereocenters. The number of hydrogen-bond acceptors (Lipinski definition) is 6. The summed E-state index contributed by atoms with van der Waals surface area (Å²) in [6, 6.07) is 0. The lowest BCUT2D eigenvalue weighted by Gasteiger charge is -2.22. The molecule has 328 valence electrons. The molecule has 3 heterocycles. The van der Waals surface area contributed by atoms with Crippen LogP contribution in [-0.4, -0.2) is 87.8 Å². The molecule has 1 aliphatic carbocycles. The first kappa shape index (κ1) is 49.8. The minimum absolute atomic E-state index is 0.00546. The molecule has 4 aliphatic rings. The predicted octanol–water partition coefficient (Wildman–Crippen LogP) is 13.2. The Balaban J connectivity index is 0.000000412. The Morgan fingerprint density at radius 2 is 0.754 bits per heavy atom. The zero-order valence-electron chi connectivity index (χ0n) is 37.3. The molecule has 0 aromatic carbocycles. The van der Waals surface area contributed by atoms with Gasteiger partial charge < -0.3 is 19.6 Å². The maximum absolute atomic E-state index is 12.4. The fraction of sp³-hybridized carbons (Fsp3) is 0.857. The molecule has 3 saturated heterocycles. The van der Waals surface area contributed by atoms with E-state index in [9.17, 15) is 9.59 Å². The van der Waals surface area contributed by atoms with Crippen LogP contribution in [0.1, 0.15) is 219 Å². The molecule has 0 saturated carbocycles. The highest BCUT2D eigenvalue weighted by Gasteiger charge is 2.43. The summed E-state index contributed by atoms with van der Waals surface area (Å²) in [5.74, 6) is 0.0485. The van der Waals surface area contributed by atoms with Crippen LogP contribution in [0.25, 0.3) is 0 Å². The lowest BCUT2D eigenvalue weighted by molar-refractivity contribution is -0.117. The van der Waals surface area contributed by atoms with Crippen molar-refractivity contribution in [1.29, 1.82) is 0 Å². The van der Waals surface area contributed by atoms with E-state index < -0.39 is 0 Å². The molecule has 0 amide bonds. The van der Waals surface area contributed by atoms with Crippen molar-refractivity contribution in [2.75, 3.05) is 52.4 Å². The molecular weight excluding hydrogens is 741 g/mol. The summed E-state index contributed by atoms with van der Waals surface area (Å²) in [5.41, 5.74) is 1.89. The van der Waals surface area contributed by atoms with E-state index in [2.05, 4.69) is 31.4 Å². The molecule has 3 aliphatic heterocycles. The van der Waals surface area contributed by atoms with Gasteiger partial charge in [0.15, 0.2) is 0 Å². The number of hydrogen-bond donors (Lipinski definition) is 1. The summed E-state index contributed by atoms with van der Waals surface area (Å²) < 4.78 is 0.807. The van der Waals surface area contributed by atoms with E-state index in [0.29, 0.717) is 17.1 Å². The number of ketones is 2. The van der Waals surface area contributed by atoms with E-state index in [1.165, 1.54) is 212 Å². The highest BCUT2D eigenvalue weighted by molar-refractivity contribution is 8.10. The van der Waals surface area contributed by atoms with E-state index in [-0.39, 0.29) is 11.6 Å². The van der Waals surface area contributed by atoms with Crippen LogP contribution >= 0.6 is 24.8 Å². The Hall–Kier alpha value is -1.54. The topological polar surface area (TPSA) is 46.4 Å². The van der Waals surface area contributed by atoms with E-state index in [0.717, 1.165) is 56.7 Å². The van der Waals surface area contributed by atoms with E-state index in [1.807, 2.05) is 14.7 Å². The minimum Gasteiger partial charge on any atom is -0.365 e. The monoisotopic (exact) mass is 829 g/mol. The van der Waals surface area contributed by atoms with Gasteiger partial charge in [-0.25, -0.2) is 0 Å². The summed E-state index contributed by atoms with van der Waals surface area (Å²) in [6.07, 6.45) is 47.2. The zero-order valence-corrected chi connectivity index (χ0v) is 39.0. The molecule has 8 heteroatoms. The van der Waals surface area contributed by atoms with Gasteiger partial charge in [-0.15, -0.1) is 12.6 Å². The SMILES string of the molecule is CCCCCCCCCCCCCCCCCCN(CCCCCCCCCCCCCCCCCC)C(=S)S.O=C1C=C(N2CC2)C(=O)C(N2CC2)=C1N1CC1. The average Bonchev–Trinajstić information content (AvgIpc) is 4.04. The molecule has 0 radical (unpaired) electrons. The van der Waals surface area contributed by atoms with Crippen molar-refractivity contribution in [2.45, 2.75) is 219 Å². The van der Waals surface area contributed by atoms with Crippen molar-refractivity contribution in [3.63, 3.8) is 0 Å². The van der Waals surface area contributed by atoms with Crippen molar-refractivity contribution in [2.24, 2.45) is 0 Å². The average molecular weight is 829 g/mol. The molecule has 4 rings (SSSR count). The highest BCUT2D eigenvalue weighted by Crippen LogP contribution is 2.34. The number of thiocarbonyl (C=S) groups is 1. The second-order valence-electron chi connectivity index (χ2n) is 17.8. The van der Waals surface area contributed by atoms with Crippen LogP contribution in [0.15, 0.2) is 23.2 Å². The van der Waals surface area contributed by atoms with Crippen LogP contribution < -0.4 is 0 Å². The summed E-state index contributed by atoms with van der Waals surface area (Å²) >= 11 is 9.94. The van der Waals surface area contributed by atoms with Gasteiger partial charge in [0.2, 0.25) is 11.6 Å². The Morgan fingerprint density at radius 3 is 1.04 bits per heavy atom. The first-order valence-electron chi connectivity index (χ1n) is 24.8. The number of thiol groups is 1. The minimum atomic E-state index is 0.00546. The predicted molar refractivity (Wildman–Crippen MR) is 252 cm³/mol. The van der Waals surface area contributed by atoms with Crippen molar-refractivity contribution < 1.29 is 9.59 Å². The Labute approximate surface area is 363 Å². The standard InChI is InChI=1S/C37H75NS2.C12H13N3O2/c1-3-5-7-9-11-13-15-17-19-21-23-25-27-29-31-33-35-38(37(39)40)36-34-32-30-28-26-24-22-20-18-16-14-12-10-8-6-4-2;16-9-7-8(13-1-2-13)12(17)11(15-5-6-15)10(9)14-3-4-14/h3-36H2,1-2H3,(H,39,40);7H,1-6H2. The Bertz CT molecular complexity index is 1120. The fourth-order valence-corrected chi connectivity index (χ4v) is 8.66. The van der Waals surface area contributed by atoms with Crippen molar-refractivity contribution in [3.8, 4) is 0 Å². The molecule has 3 fully saturated rings. The van der Waals surface area contributed by atoms with Crippen molar-refractivity contribution in [3.05, 3.63) is 23.2 Å². The number of carbonyl (C=O) groups is 2. The van der Waals surface area contributed by atoms with E-state index in [4.69, 9.17) is 12.2 Å². The summed E-state index contributed by atoms with van der Waals surface area (Å²) in [5, 5.41) is 0. The first-order chi connectivity index (χ1) is 28.0. The molecule has 0 aromatic rings. The zero-order chi connectivity index (χ0) is 40.8. The van der Waals surface area contributed by atoms with Gasteiger partial charge in [0.05, 0.1) is 5.70 Å². The van der Waals surface area contributed by atoms with Crippen LogP contribution in [0.4, 0.5) is 0 Å². The van der Waals surface area contributed by atoms with Crippen LogP contribution in [0.3, 0.4) is 0 Å². The number of nitrogens with zero attached hydrogens (tertiary/aromatic N) is 4. The second-order valence-corrected chi connectivity index (χ2v) is 18.9. The third-order valence-electron chi connectivity index (χ3n) is 12.3. The van der Waals surface area contributed by atoms with Crippen molar-refractivity contribution >= 4 is 40.7 Å². The molecule has 0 spiro atoms. The van der Waals surface area contributed by atoms with Crippen LogP contribution in [0.5, 0.6) is 0 Å². The van der Waals surface area contributed by atoms with Gasteiger partial charge in [-0.2, -0.15) is 0 Å². The third kappa shape index (κ3) is 23.7. The summed E-state index contributed by atoms with van der Waals surface area (Å²) in [7, 11) is 0. The first-order valence-corrected chi connectivity index (χ1v) is 25.6. The van der Waals surface area contributed by atoms with Gasteiger partial charge in [-0.3, -0.25) is 9.59 Å². The van der Waals surface area contributed by atoms with Gasteiger partial charge in [0, 0.05) is 58.4 Å². The maximum atomic E-state index is 12.4. The highest BCUT2D eigenvalue weighted by atomic mass is 32.1. The van der Waals surface area contributed by atoms with Crippen LogP contribution in [0, 0.1) is 0 Å². The quantitative estimate of drug-likeness (QED) is 0.0220. The Kier molecular flexibility index (Phi) is 28.2. The molecule has 57 heavy (non-hydrogen) atoms. The smallest absolute Gasteiger partial charge is 0.227 e. The lowest BCUT2D eigenvalue weighted by atomic mass is 10.0. The molecular formula is C49H88N4O2S2. The summed E-state index contributed by atoms with van der Waals surface area (Å²) in [4.78, 5) is 32.8. The fourth-order valence-electron chi connectivity index (χ4n) is 8.28. The number of rotatable bonds is 37. The largest absolute Gasteiger partial charge is 0.365 e. The van der Waals surface area contributed by atoms with Gasteiger partial charge in [-0.1, -0.05) is 219 Å². The molecule has 0 bridgehead atoms. The van der Waals surface area contributed by atoms with Gasteiger partial charge in [0.1, 0.15) is 15.7 Å². The molecule has 0 N–H and O–H groups in total.